The van der Waals surface area contributed by atoms with Gasteiger partial charge in [0.05, 0.1) is 0 Å². The fourth-order valence-corrected chi connectivity index (χ4v) is 3.50. The monoisotopic (exact) mass is 350 g/mol. The number of amides is 2. The van der Waals surface area contributed by atoms with E-state index in [4.69, 9.17) is 0 Å². The first-order chi connectivity index (χ1) is 10.0. The van der Waals surface area contributed by atoms with Gasteiger partial charge in [0.15, 0.2) is 0 Å². The number of piperazine rings is 1. The van der Waals surface area contributed by atoms with Crippen LogP contribution in [-0.4, -0.2) is 23.9 Å². The number of hydrogen-bond acceptors (Lipinski definition) is 2. The highest BCUT2D eigenvalue weighted by Gasteiger charge is 2.47. The van der Waals surface area contributed by atoms with Crippen LogP contribution >= 0.6 is 15.9 Å². The molecule has 1 aromatic rings. The van der Waals surface area contributed by atoms with Gasteiger partial charge in [-0.1, -0.05) is 22.9 Å². The Bertz CT molecular complexity index is 598. The largest absolute Gasteiger partial charge is 0.342 e. The van der Waals surface area contributed by atoms with E-state index in [-0.39, 0.29) is 17.9 Å². The molecule has 2 amide bonds. The molecule has 1 heterocycles. The van der Waals surface area contributed by atoms with Crippen LogP contribution in [0.1, 0.15) is 31.7 Å². The minimum Gasteiger partial charge on any atom is -0.342 e. The molecule has 1 N–H and O–H groups in total. The number of nitrogens with one attached hydrogen (secondary N) is 1. The van der Waals surface area contributed by atoms with E-state index in [0.717, 1.165) is 28.6 Å². The number of benzene rings is 1. The summed E-state index contributed by atoms with van der Waals surface area (Å²) < 4.78 is 0.976. The zero-order valence-corrected chi connectivity index (χ0v) is 13.8. The molecule has 2 atom stereocenters. The average Bonchev–Trinajstić information content (AvgIpc) is 3.26. The lowest BCUT2D eigenvalue weighted by Gasteiger charge is -2.39. The van der Waals surface area contributed by atoms with Crippen molar-refractivity contribution < 1.29 is 9.59 Å². The Hall–Kier alpha value is -1.36. The van der Waals surface area contributed by atoms with Crippen molar-refractivity contribution >= 4 is 33.4 Å². The summed E-state index contributed by atoms with van der Waals surface area (Å²) in [6.45, 7) is 3.91. The summed E-state index contributed by atoms with van der Waals surface area (Å²) in [5, 5.41) is 2.92. The van der Waals surface area contributed by atoms with E-state index < -0.39 is 6.04 Å². The Morgan fingerprint density at radius 2 is 2.05 bits per heavy atom. The van der Waals surface area contributed by atoms with Gasteiger partial charge in [0.25, 0.3) is 5.91 Å². The van der Waals surface area contributed by atoms with Gasteiger partial charge < -0.3 is 5.32 Å². The fourth-order valence-electron chi connectivity index (χ4n) is 3.02. The molecule has 2 aliphatic rings. The number of aryl methyl sites for hydroxylation is 1. The molecule has 1 saturated heterocycles. The second kappa shape index (κ2) is 5.44. The SMILES string of the molecule is CCC1C(=O)NC(C2CC2)C(=O)N1c1ccc(Br)cc1C. The summed E-state index contributed by atoms with van der Waals surface area (Å²) in [5.74, 6) is 0.322. The van der Waals surface area contributed by atoms with Gasteiger partial charge in [-0.25, -0.2) is 0 Å². The molecule has 2 unspecified atom stereocenters. The number of anilines is 1. The van der Waals surface area contributed by atoms with Gasteiger partial charge in [-0.3, -0.25) is 14.5 Å². The Morgan fingerprint density at radius 1 is 1.33 bits per heavy atom. The molecule has 3 rings (SSSR count). The van der Waals surface area contributed by atoms with Crippen molar-refractivity contribution in [2.75, 3.05) is 4.90 Å². The van der Waals surface area contributed by atoms with Crippen LogP contribution < -0.4 is 10.2 Å². The lowest BCUT2D eigenvalue weighted by Crippen LogP contribution is -2.64. The van der Waals surface area contributed by atoms with Gasteiger partial charge in [0.2, 0.25) is 5.91 Å². The molecule has 0 spiro atoms. The zero-order valence-electron chi connectivity index (χ0n) is 12.2. The van der Waals surface area contributed by atoms with Gasteiger partial charge in [0.1, 0.15) is 12.1 Å². The van der Waals surface area contributed by atoms with Crippen molar-refractivity contribution in [3.8, 4) is 0 Å². The molecule has 0 bridgehead atoms. The first-order valence-electron chi connectivity index (χ1n) is 7.42. The van der Waals surface area contributed by atoms with Crippen LogP contribution in [0.25, 0.3) is 0 Å². The molecule has 5 heteroatoms. The van der Waals surface area contributed by atoms with E-state index in [0.29, 0.717) is 12.3 Å². The van der Waals surface area contributed by atoms with Crippen molar-refractivity contribution in [2.45, 2.75) is 45.2 Å². The molecule has 2 fully saturated rings. The topological polar surface area (TPSA) is 49.4 Å². The lowest BCUT2D eigenvalue weighted by atomic mass is 9.99. The molecule has 21 heavy (non-hydrogen) atoms. The fraction of sp³-hybridized carbons (Fsp3) is 0.500. The van der Waals surface area contributed by atoms with E-state index in [2.05, 4.69) is 21.2 Å². The van der Waals surface area contributed by atoms with E-state index in [1.54, 1.807) is 4.90 Å². The average molecular weight is 351 g/mol. The van der Waals surface area contributed by atoms with Crippen LogP contribution in [-0.2, 0) is 9.59 Å². The molecular formula is C16H19BrN2O2. The van der Waals surface area contributed by atoms with Gasteiger partial charge >= 0.3 is 0 Å². The van der Waals surface area contributed by atoms with E-state index in [1.807, 2.05) is 32.0 Å². The van der Waals surface area contributed by atoms with E-state index in [1.165, 1.54) is 0 Å². The predicted octanol–water partition coefficient (Wildman–Crippen LogP) is 2.78. The summed E-state index contributed by atoms with van der Waals surface area (Å²) in [4.78, 5) is 26.9. The van der Waals surface area contributed by atoms with Gasteiger partial charge in [-0.05, 0) is 55.9 Å². The highest BCUT2D eigenvalue weighted by molar-refractivity contribution is 9.10. The number of halogens is 1. The highest BCUT2D eigenvalue weighted by Crippen LogP contribution is 2.37. The normalized spacial score (nSPS) is 26.0. The minimum absolute atomic E-state index is 0.0312. The second-order valence-corrected chi connectivity index (χ2v) is 6.80. The van der Waals surface area contributed by atoms with Crippen LogP contribution in [0.3, 0.4) is 0 Å². The quantitative estimate of drug-likeness (QED) is 0.911. The Kier molecular flexibility index (Phi) is 3.78. The van der Waals surface area contributed by atoms with Crippen LogP contribution in [0, 0.1) is 12.8 Å². The summed E-state index contributed by atoms with van der Waals surface area (Å²) >= 11 is 3.44. The van der Waals surface area contributed by atoms with Crippen LogP contribution in [0.15, 0.2) is 22.7 Å². The van der Waals surface area contributed by atoms with Crippen LogP contribution in [0.4, 0.5) is 5.69 Å². The number of rotatable bonds is 3. The molecule has 1 aliphatic heterocycles. The second-order valence-electron chi connectivity index (χ2n) is 5.89. The molecule has 0 radical (unpaired) electrons. The standard InChI is InChI=1S/C16H19BrN2O2/c1-3-12-15(20)18-14(10-4-5-10)16(21)19(12)13-7-6-11(17)8-9(13)2/h6-8,10,12,14H,3-5H2,1-2H3,(H,18,20). The van der Waals surface area contributed by atoms with Crippen LogP contribution in [0.2, 0.25) is 0 Å². The smallest absolute Gasteiger partial charge is 0.250 e. The van der Waals surface area contributed by atoms with Crippen LogP contribution in [0.5, 0.6) is 0 Å². The third-order valence-corrected chi connectivity index (χ3v) is 4.81. The zero-order chi connectivity index (χ0) is 15.1. The lowest BCUT2D eigenvalue weighted by molar-refractivity contribution is -0.134. The van der Waals surface area contributed by atoms with Crippen molar-refractivity contribution in [3.63, 3.8) is 0 Å². The van der Waals surface area contributed by atoms with E-state index >= 15 is 0 Å². The molecular weight excluding hydrogens is 332 g/mol. The third kappa shape index (κ3) is 2.59. The first-order valence-corrected chi connectivity index (χ1v) is 8.21. The number of nitrogens with zero attached hydrogens (tertiary/aromatic N) is 1. The molecule has 1 aliphatic carbocycles. The highest BCUT2D eigenvalue weighted by atomic mass is 79.9. The van der Waals surface area contributed by atoms with Gasteiger partial charge in [-0.15, -0.1) is 0 Å². The molecule has 1 saturated carbocycles. The van der Waals surface area contributed by atoms with Gasteiger partial charge in [-0.2, -0.15) is 0 Å². The van der Waals surface area contributed by atoms with Crippen molar-refractivity contribution in [2.24, 2.45) is 5.92 Å². The molecule has 1 aromatic carbocycles. The van der Waals surface area contributed by atoms with Crippen molar-refractivity contribution in [3.05, 3.63) is 28.2 Å². The van der Waals surface area contributed by atoms with E-state index in [9.17, 15) is 9.59 Å². The summed E-state index contributed by atoms with van der Waals surface area (Å²) in [7, 11) is 0. The maximum atomic E-state index is 12.9. The predicted molar refractivity (Wildman–Crippen MR) is 85.1 cm³/mol. The van der Waals surface area contributed by atoms with Gasteiger partial charge in [0, 0.05) is 10.2 Å². The summed E-state index contributed by atoms with van der Waals surface area (Å²) in [6, 6.07) is 5.06. The summed E-state index contributed by atoms with van der Waals surface area (Å²) in [5.41, 5.74) is 1.84. The number of carbonyl (C=O) groups is 2. The Balaban J connectivity index is 2.01. The number of carbonyl (C=O) groups excluding carboxylic acids is 2. The molecule has 112 valence electrons. The maximum Gasteiger partial charge on any atom is 0.250 e. The molecule has 0 aromatic heterocycles. The summed E-state index contributed by atoms with van der Waals surface area (Å²) in [6.07, 6.45) is 2.67. The van der Waals surface area contributed by atoms with Crippen molar-refractivity contribution in [1.82, 2.24) is 5.32 Å². The minimum atomic E-state index is -0.410. The Morgan fingerprint density at radius 3 is 2.62 bits per heavy atom. The maximum absolute atomic E-state index is 12.9. The third-order valence-electron chi connectivity index (χ3n) is 4.31. The Labute approximate surface area is 133 Å². The number of hydrogen-bond donors (Lipinski definition) is 1. The molecule has 4 nitrogen and oxygen atoms in total. The van der Waals surface area contributed by atoms with Crippen molar-refractivity contribution in [1.29, 1.82) is 0 Å². The first kappa shape index (κ1) is 14.6.